The highest BCUT2D eigenvalue weighted by molar-refractivity contribution is 5.80. The smallest absolute Gasteiger partial charge is 0.317 e. The van der Waals surface area contributed by atoms with Crippen LogP contribution in [0.15, 0.2) is 24.3 Å². The topological polar surface area (TPSA) is 102 Å². The van der Waals surface area contributed by atoms with E-state index in [1.165, 1.54) is 21.3 Å². The number of cyclic esters (lactones) is 1. The SMILES string of the molecule is COc1ccc(C2c3cc4c(cc3OC3(O)COC(=O)C23)OCO4)c(OC)c1OC. The minimum absolute atomic E-state index is 0.0817. The summed E-state index contributed by atoms with van der Waals surface area (Å²) < 4.78 is 38.5. The van der Waals surface area contributed by atoms with Crippen molar-refractivity contribution in [1.82, 2.24) is 0 Å². The van der Waals surface area contributed by atoms with Crippen LogP contribution in [0.1, 0.15) is 17.0 Å². The largest absolute Gasteiger partial charge is 0.493 e. The normalized spacial score (nSPS) is 25.7. The van der Waals surface area contributed by atoms with Crippen molar-refractivity contribution in [3.05, 3.63) is 35.4 Å². The minimum atomic E-state index is -1.83. The minimum Gasteiger partial charge on any atom is -0.493 e. The van der Waals surface area contributed by atoms with Crippen molar-refractivity contribution in [3.8, 4) is 34.5 Å². The highest BCUT2D eigenvalue weighted by Crippen LogP contribution is 2.56. The molecule has 1 saturated heterocycles. The molecular formula is C21H20O9. The monoisotopic (exact) mass is 416 g/mol. The Labute approximate surface area is 172 Å². The Morgan fingerprint density at radius 3 is 2.37 bits per heavy atom. The first-order chi connectivity index (χ1) is 14.5. The second kappa shape index (κ2) is 6.60. The molecule has 2 aromatic carbocycles. The number of aliphatic hydroxyl groups is 1. The highest BCUT2D eigenvalue weighted by atomic mass is 16.7. The molecule has 3 heterocycles. The fourth-order valence-electron chi connectivity index (χ4n) is 4.38. The number of fused-ring (bicyclic) bond motifs is 3. The van der Waals surface area contributed by atoms with Crippen molar-refractivity contribution < 1.29 is 43.1 Å². The van der Waals surface area contributed by atoms with E-state index in [2.05, 4.69) is 0 Å². The zero-order valence-corrected chi connectivity index (χ0v) is 16.6. The molecule has 0 aromatic heterocycles. The number of benzene rings is 2. The van der Waals surface area contributed by atoms with Crippen molar-refractivity contribution in [2.75, 3.05) is 34.7 Å². The van der Waals surface area contributed by atoms with Gasteiger partial charge in [-0.2, -0.15) is 0 Å². The number of carbonyl (C=O) groups is 1. The molecule has 0 amide bonds. The average molecular weight is 416 g/mol. The summed E-state index contributed by atoms with van der Waals surface area (Å²) in [4.78, 5) is 12.7. The van der Waals surface area contributed by atoms with Gasteiger partial charge in [-0.05, 0) is 12.1 Å². The molecular weight excluding hydrogens is 396 g/mol. The Balaban J connectivity index is 1.77. The third-order valence-corrected chi connectivity index (χ3v) is 5.69. The van der Waals surface area contributed by atoms with Gasteiger partial charge in [0, 0.05) is 23.1 Å². The molecule has 3 aliphatic heterocycles. The second-order valence-electron chi connectivity index (χ2n) is 7.18. The molecule has 3 aliphatic rings. The van der Waals surface area contributed by atoms with Crippen LogP contribution < -0.4 is 28.4 Å². The Bertz CT molecular complexity index is 1030. The lowest BCUT2D eigenvalue weighted by Gasteiger charge is -2.39. The first-order valence-corrected chi connectivity index (χ1v) is 9.31. The fraction of sp³-hybridized carbons (Fsp3) is 0.381. The predicted octanol–water partition coefficient (Wildman–Crippen LogP) is 1.83. The van der Waals surface area contributed by atoms with E-state index in [1.807, 2.05) is 0 Å². The van der Waals surface area contributed by atoms with E-state index < -0.39 is 23.6 Å². The van der Waals surface area contributed by atoms with Crippen LogP contribution in [-0.2, 0) is 9.53 Å². The van der Waals surface area contributed by atoms with Crippen LogP contribution in [0.4, 0.5) is 0 Å². The molecule has 0 spiro atoms. The van der Waals surface area contributed by atoms with Crippen molar-refractivity contribution in [1.29, 1.82) is 0 Å². The molecule has 3 atom stereocenters. The summed E-state index contributed by atoms with van der Waals surface area (Å²) >= 11 is 0. The molecule has 9 heteroatoms. The van der Waals surface area contributed by atoms with E-state index in [9.17, 15) is 9.90 Å². The molecule has 2 aromatic rings. The van der Waals surface area contributed by atoms with Crippen LogP contribution in [0.25, 0.3) is 0 Å². The van der Waals surface area contributed by atoms with Gasteiger partial charge in [0.25, 0.3) is 5.79 Å². The van der Waals surface area contributed by atoms with Gasteiger partial charge in [0.05, 0.1) is 21.3 Å². The molecule has 1 N–H and O–H groups in total. The van der Waals surface area contributed by atoms with Crippen molar-refractivity contribution in [3.63, 3.8) is 0 Å². The molecule has 0 saturated carbocycles. The van der Waals surface area contributed by atoms with E-state index in [-0.39, 0.29) is 13.4 Å². The summed E-state index contributed by atoms with van der Waals surface area (Å²) in [5.74, 6) is -1.44. The quantitative estimate of drug-likeness (QED) is 0.748. The number of hydrogen-bond acceptors (Lipinski definition) is 9. The number of rotatable bonds is 4. The van der Waals surface area contributed by atoms with Gasteiger partial charge in [-0.25, -0.2) is 0 Å². The molecule has 0 radical (unpaired) electrons. The van der Waals surface area contributed by atoms with Gasteiger partial charge in [0.2, 0.25) is 12.5 Å². The Hall–Kier alpha value is -3.33. The average Bonchev–Trinajstić information content (AvgIpc) is 3.32. The van der Waals surface area contributed by atoms with Crippen molar-refractivity contribution >= 4 is 5.97 Å². The maximum absolute atomic E-state index is 12.7. The van der Waals surface area contributed by atoms with Gasteiger partial charge in [-0.3, -0.25) is 4.79 Å². The fourth-order valence-corrected chi connectivity index (χ4v) is 4.38. The number of methoxy groups -OCH3 is 3. The number of ether oxygens (including phenoxy) is 7. The molecule has 0 aliphatic carbocycles. The van der Waals surface area contributed by atoms with Gasteiger partial charge >= 0.3 is 5.97 Å². The number of hydrogen-bond donors (Lipinski definition) is 1. The van der Waals surface area contributed by atoms with Gasteiger partial charge in [0.15, 0.2) is 29.6 Å². The third kappa shape index (κ3) is 2.48. The third-order valence-electron chi connectivity index (χ3n) is 5.69. The van der Waals surface area contributed by atoms with Crippen molar-refractivity contribution in [2.45, 2.75) is 11.7 Å². The zero-order valence-electron chi connectivity index (χ0n) is 16.6. The predicted molar refractivity (Wildman–Crippen MR) is 101 cm³/mol. The van der Waals surface area contributed by atoms with Crippen molar-refractivity contribution in [2.24, 2.45) is 5.92 Å². The first-order valence-electron chi connectivity index (χ1n) is 9.31. The van der Waals surface area contributed by atoms with Gasteiger partial charge in [-0.15, -0.1) is 0 Å². The lowest BCUT2D eigenvalue weighted by atomic mass is 9.74. The lowest BCUT2D eigenvalue weighted by Crippen LogP contribution is -2.50. The molecule has 3 unspecified atom stereocenters. The van der Waals surface area contributed by atoms with E-state index in [4.69, 9.17) is 33.2 Å². The van der Waals surface area contributed by atoms with Crippen LogP contribution >= 0.6 is 0 Å². The van der Waals surface area contributed by atoms with Gasteiger partial charge < -0.3 is 38.3 Å². The van der Waals surface area contributed by atoms with Gasteiger partial charge in [0.1, 0.15) is 11.7 Å². The van der Waals surface area contributed by atoms with Crippen LogP contribution in [0.2, 0.25) is 0 Å². The van der Waals surface area contributed by atoms with E-state index in [0.717, 1.165) is 0 Å². The second-order valence-corrected chi connectivity index (χ2v) is 7.18. The number of carbonyl (C=O) groups excluding carboxylic acids is 1. The Morgan fingerprint density at radius 1 is 0.933 bits per heavy atom. The maximum atomic E-state index is 12.7. The zero-order chi connectivity index (χ0) is 21.0. The summed E-state index contributed by atoms with van der Waals surface area (Å²) in [6.07, 6.45) is 0. The van der Waals surface area contributed by atoms with Gasteiger partial charge in [-0.1, -0.05) is 6.07 Å². The Kier molecular flexibility index (Phi) is 4.11. The highest BCUT2D eigenvalue weighted by Gasteiger charge is 2.60. The molecule has 5 rings (SSSR count). The maximum Gasteiger partial charge on any atom is 0.317 e. The first kappa shape index (κ1) is 18.7. The molecule has 30 heavy (non-hydrogen) atoms. The van der Waals surface area contributed by atoms with E-state index in [1.54, 1.807) is 24.3 Å². The van der Waals surface area contributed by atoms with Crippen LogP contribution in [0.5, 0.6) is 34.5 Å². The number of esters is 1. The van der Waals surface area contributed by atoms with Crippen LogP contribution in [0, 0.1) is 5.92 Å². The molecule has 0 bridgehead atoms. The van der Waals surface area contributed by atoms with E-state index in [0.29, 0.717) is 45.6 Å². The molecule has 158 valence electrons. The molecule has 9 nitrogen and oxygen atoms in total. The Morgan fingerprint density at radius 2 is 1.67 bits per heavy atom. The summed E-state index contributed by atoms with van der Waals surface area (Å²) in [6.45, 7) is -0.200. The van der Waals surface area contributed by atoms with Crippen LogP contribution in [0.3, 0.4) is 0 Å². The molecule has 1 fully saturated rings. The lowest BCUT2D eigenvalue weighted by molar-refractivity contribution is -0.173. The van der Waals surface area contributed by atoms with Crippen LogP contribution in [-0.4, -0.2) is 51.6 Å². The standard InChI is InChI=1S/C21H20O9/c1-24-12-5-4-10(18(25-2)19(12)26-3)16-11-6-14-15(29-9-28-14)7-13(11)30-21(23)8-27-20(22)17(16)21/h4-7,16-17,23H,8-9H2,1-3H3. The summed E-state index contributed by atoms with van der Waals surface area (Å²) in [5, 5.41) is 11.2. The summed E-state index contributed by atoms with van der Waals surface area (Å²) in [5.41, 5.74) is 1.25. The summed E-state index contributed by atoms with van der Waals surface area (Å²) in [7, 11) is 4.52. The summed E-state index contributed by atoms with van der Waals surface area (Å²) in [6, 6.07) is 6.90. The van der Waals surface area contributed by atoms with E-state index >= 15 is 0 Å².